The second kappa shape index (κ2) is 14.1. The first-order valence-corrected chi connectivity index (χ1v) is 17.3. The molecule has 4 aromatic rings. The zero-order valence-corrected chi connectivity index (χ0v) is 28.7. The van der Waals surface area contributed by atoms with E-state index in [2.05, 4.69) is 5.32 Å². The van der Waals surface area contributed by atoms with E-state index >= 15 is 8.78 Å². The van der Waals surface area contributed by atoms with Crippen molar-refractivity contribution in [2.45, 2.75) is 68.8 Å². The van der Waals surface area contributed by atoms with Gasteiger partial charge in [0, 0.05) is 22.8 Å². The third-order valence-electron chi connectivity index (χ3n) is 8.43. The van der Waals surface area contributed by atoms with Crippen molar-refractivity contribution in [3.05, 3.63) is 129 Å². The number of primary amides is 1. The van der Waals surface area contributed by atoms with Crippen LogP contribution in [-0.2, 0) is 33.2 Å². The lowest BCUT2D eigenvalue weighted by Gasteiger charge is -2.31. The van der Waals surface area contributed by atoms with Crippen molar-refractivity contribution < 1.29 is 40.0 Å². The first kappa shape index (κ1) is 36.9. The van der Waals surface area contributed by atoms with Gasteiger partial charge < -0.3 is 11.1 Å². The number of carbonyl (C=O) groups excluding carboxylic acids is 2. The number of nitrogens with zero attached hydrogens (tertiary/aromatic N) is 1. The summed E-state index contributed by atoms with van der Waals surface area (Å²) in [7, 11) is -5.68. The average molecular weight is 734 g/mol. The van der Waals surface area contributed by atoms with Crippen LogP contribution in [0, 0.1) is 29.1 Å². The highest BCUT2D eigenvalue weighted by atomic mass is 35.5. The van der Waals surface area contributed by atoms with Crippen LogP contribution >= 0.6 is 11.6 Å². The maximum absolute atomic E-state index is 15.2. The Morgan fingerprint density at radius 1 is 0.860 bits per heavy atom. The molecule has 1 unspecified atom stereocenters. The molecule has 0 aromatic heterocycles. The normalized spacial score (nSPS) is 14.1. The number of hydrogen-bond donors (Lipinski definition) is 2. The minimum absolute atomic E-state index is 0.104. The molecule has 1 atom stereocenters. The first-order chi connectivity index (χ1) is 23.4. The van der Waals surface area contributed by atoms with Crippen LogP contribution in [0.5, 0.6) is 0 Å². The molecule has 2 amide bonds. The van der Waals surface area contributed by atoms with Gasteiger partial charge in [0.25, 0.3) is 0 Å². The molecule has 5 rings (SSSR count). The fraction of sp³-hybridized carbons (Fsp3) is 0.278. The Kier molecular flexibility index (Phi) is 10.4. The van der Waals surface area contributed by atoms with Crippen LogP contribution in [0.15, 0.2) is 71.6 Å². The number of nitrogens with two attached hydrogens (primary N) is 1. The summed E-state index contributed by atoms with van der Waals surface area (Å²) in [6.45, 7) is 5.20. The molecule has 0 bridgehead atoms. The van der Waals surface area contributed by atoms with E-state index in [1.54, 1.807) is 6.07 Å². The molecule has 0 heterocycles. The SMILES string of the molecule is CC(C)(C)c1cc(CC(C(=O)Nc2ccc(C(N)=O)cc2)N(Cc2ccc(Cl)cc2)S(=O)(=O)c2c(F)c(F)c(F)c(F)c2F)cc(C2CC2)c1. The van der Waals surface area contributed by atoms with E-state index in [1.807, 2.05) is 32.9 Å². The standard InChI is InChI=1S/C36H33ClF5N3O4S/c1-36(2,3)24-15-20(14-23(17-24)21-6-7-21)16-27(35(47)44-26-12-8-22(9-13-26)34(43)46)45(18-19-4-10-25(37)11-5-19)50(48,49)33-31(41)29(39)28(38)30(40)32(33)42/h4-5,8-15,17,21,27H,6-7,16,18H2,1-3H3,(H2,43,46)(H,44,47). The molecule has 7 nitrogen and oxygen atoms in total. The minimum Gasteiger partial charge on any atom is -0.366 e. The maximum atomic E-state index is 15.2. The number of sulfonamides is 1. The molecule has 4 aromatic carbocycles. The number of hydrogen-bond acceptors (Lipinski definition) is 4. The van der Waals surface area contributed by atoms with Crippen LogP contribution in [0.4, 0.5) is 27.6 Å². The molecule has 0 aliphatic heterocycles. The molecule has 1 fully saturated rings. The summed E-state index contributed by atoms with van der Waals surface area (Å²) in [5.74, 6) is -14.1. The molecular weight excluding hydrogens is 701 g/mol. The predicted molar refractivity (Wildman–Crippen MR) is 179 cm³/mol. The summed E-state index contributed by atoms with van der Waals surface area (Å²) < 4.78 is 103. The topological polar surface area (TPSA) is 110 Å². The molecular formula is C36H33ClF5N3O4S. The van der Waals surface area contributed by atoms with Crippen LogP contribution in [0.3, 0.4) is 0 Å². The van der Waals surface area contributed by atoms with Gasteiger partial charge in [-0.15, -0.1) is 0 Å². The zero-order chi connectivity index (χ0) is 36.7. The fourth-order valence-electron chi connectivity index (χ4n) is 5.47. The van der Waals surface area contributed by atoms with E-state index < -0.39 is 68.4 Å². The lowest BCUT2D eigenvalue weighted by Crippen LogP contribution is -2.48. The quantitative estimate of drug-likeness (QED) is 0.0934. The van der Waals surface area contributed by atoms with Gasteiger partial charge in [0.2, 0.25) is 27.7 Å². The summed E-state index contributed by atoms with van der Waals surface area (Å²) in [5, 5.41) is 2.84. The smallest absolute Gasteiger partial charge is 0.250 e. The van der Waals surface area contributed by atoms with Gasteiger partial charge in [0.1, 0.15) is 6.04 Å². The van der Waals surface area contributed by atoms with Crippen molar-refractivity contribution in [1.82, 2.24) is 4.31 Å². The van der Waals surface area contributed by atoms with E-state index in [4.69, 9.17) is 17.3 Å². The number of nitrogens with one attached hydrogen (secondary N) is 1. The first-order valence-electron chi connectivity index (χ1n) is 15.5. The second-order valence-corrected chi connectivity index (χ2v) is 15.5. The van der Waals surface area contributed by atoms with Crippen LogP contribution in [-0.4, -0.2) is 30.6 Å². The monoisotopic (exact) mass is 733 g/mol. The summed E-state index contributed by atoms with van der Waals surface area (Å²) in [4.78, 5) is 23.7. The Labute approximate surface area is 291 Å². The highest BCUT2D eigenvalue weighted by Gasteiger charge is 2.42. The molecule has 0 spiro atoms. The van der Waals surface area contributed by atoms with Gasteiger partial charge in [0.15, 0.2) is 28.2 Å². The average Bonchev–Trinajstić information content (AvgIpc) is 3.91. The van der Waals surface area contributed by atoms with Gasteiger partial charge in [-0.05, 0) is 89.2 Å². The number of benzene rings is 4. The molecule has 0 saturated heterocycles. The van der Waals surface area contributed by atoms with Gasteiger partial charge in [0.05, 0.1) is 0 Å². The summed E-state index contributed by atoms with van der Waals surface area (Å²) in [6.07, 6.45) is 1.49. The molecule has 50 heavy (non-hydrogen) atoms. The molecule has 0 radical (unpaired) electrons. The highest BCUT2D eigenvalue weighted by Crippen LogP contribution is 2.42. The van der Waals surface area contributed by atoms with E-state index in [9.17, 15) is 31.2 Å². The number of anilines is 1. The summed E-state index contributed by atoms with van der Waals surface area (Å²) in [5.41, 5.74) is 7.69. The largest absolute Gasteiger partial charge is 0.366 e. The molecule has 1 aliphatic carbocycles. The lowest BCUT2D eigenvalue weighted by atomic mass is 9.83. The van der Waals surface area contributed by atoms with Gasteiger partial charge in [-0.1, -0.05) is 62.7 Å². The summed E-state index contributed by atoms with van der Waals surface area (Å²) >= 11 is 6.02. The third-order valence-corrected chi connectivity index (χ3v) is 10.6. The van der Waals surface area contributed by atoms with Crippen molar-refractivity contribution in [2.24, 2.45) is 5.73 Å². The van der Waals surface area contributed by atoms with Crippen LogP contribution in [0.2, 0.25) is 5.02 Å². The predicted octanol–water partition coefficient (Wildman–Crippen LogP) is 7.75. The Hall–Kier alpha value is -4.33. The van der Waals surface area contributed by atoms with Crippen molar-refractivity contribution in [3.63, 3.8) is 0 Å². The molecule has 3 N–H and O–H groups in total. The Morgan fingerprint density at radius 3 is 1.94 bits per heavy atom. The van der Waals surface area contributed by atoms with Crippen molar-refractivity contribution in [2.75, 3.05) is 5.32 Å². The lowest BCUT2D eigenvalue weighted by molar-refractivity contribution is -0.119. The number of halogens is 6. The van der Waals surface area contributed by atoms with Crippen molar-refractivity contribution in [3.8, 4) is 0 Å². The van der Waals surface area contributed by atoms with Crippen LogP contribution < -0.4 is 11.1 Å². The van der Waals surface area contributed by atoms with Crippen molar-refractivity contribution in [1.29, 1.82) is 0 Å². The molecule has 1 saturated carbocycles. The Bertz CT molecular complexity index is 2040. The number of rotatable bonds is 11. The highest BCUT2D eigenvalue weighted by molar-refractivity contribution is 7.89. The van der Waals surface area contributed by atoms with Crippen LogP contribution in [0.25, 0.3) is 0 Å². The number of carbonyl (C=O) groups is 2. The van der Waals surface area contributed by atoms with E-state index in [0.29, 0.717) is 9.87 Å². The molecule has 1 aliphatic rings. The maximum Gasteiger partial charge on any atom is 0.250 e. The Morgan fingerprint density at radius 2 is 1.42 bits per heavy atom. The third kappa shape index (κ3) is 7.85. The second-order valence-electron chi connectivity index (χ2n) is 13.2. The van der Waals surface area contributed by atoms with Gasteiger partial charge in [-0.2, -0.15) is 4.31 Å². The van der Waals surface area contributed by atoms with Crippen molar-refractivity contribution >= 4 is 39.1 Å². The van der Waals surface area contributed by atoms with Gasteiger partial charge in [-0.3, -0.25) is 9.59 Å². The Balaban J connectivity index is 1.71. The van der Waals surface area contributed by atoms with E-state index in [1.165, 1.54) is 48.5 Å². The summed E-state index contributed by atoms with van der Waals surface area (Å²) in [6, 6.07) is 14.7. The molecule has 264 valence electrons. The zero-order valence-electron chi connectivity index (χ0n) is 27.2. The fourth-order valence-corrected chi connectivity index (χ4v) is 7.29. The minimum atomic E-state index is -5.68. The van der Waals surface area contributed by atoms with E-state index in [-0.39, 0.29) is 39.6 Å². The number of amides is 2. The van der Waals surface area contributed by atoms with Gasteiger partial charge >= 0.3 is 0 Å². The van der Waals surface area contributed by atoms with E-state index in [0.717, 1.165) is 24.0 Å². The van der Waals surface area contributed by atoms with Gasteiger partial charge in [-0.25, -0.2) is 30.4 Å². The van der Waals surface area contributed by atoms with Crippen LogP contribution in [0.1, 0.15) is 72.1 Å². The molecule has 14 heteroatoms.